The van der Waals surface area contributed by atoms with E-state index in [-0.39, 0.29) is 0 Å². The molecule has 0 unspecified atom stereocenters. The number of halogens is 1. The van der Waals surface area contributed by atoms with Crippen LogP contribution in [0.4, 0.5) is 0 Å². The van der Waals surface area contributed by atoms with Crippen molar-refractivity contribution in [2.75, 3.05) is 0 Å². The lowest BCUT2D eigenvalue weighted by atomic mass is 10.0. The number of aryl methyl sites for hydroxylation is 2. The van der Waals surface area contributed by atoms with Crippen molar-refractivity contribution in [1.29, 1.82) is 0 Å². The lowest BCUT2D eigenvalue weighted by Gasteiger charge is -2.17. The van der Waals surface area contributed by atoms with Gasteiger partial charge in [-0.15, -0.1) is 5.10 Å². The van der Waals surface area contributed by atoms with Gasteiger partial charge in [-0.25, -0.2) is 0 Å². The van der Waals surface area contributed by atoms with Gasteiger partial charge in [0.15, 0.2) is 5.82 Å². The maximum atomic E-state index is 5.88. The highest BCUT2D eigenvalue weighted by molar-refractivity contribution is 6.30. The molecule has 1 aliphatic heterocycles. The molecule has 0 atom stereocenters. The van der Waals surface area contributed by atoms with Crippen molar-refractivity contribution in [3.8, 4) is 11.4 Å². The Hall–Kier alpha value is -2.40. The summed E-state index contributed by atoms with van der Waals surface area (Å²) in [6.45, 7) is 0.520. The summed E-state index contributed by atoms with van der Waals surface area (Å²) in [6.07, 6.45) is 1.77. The van der Waals surface area contributed by atoms with E-state index in [1.807, 2.05) is 36.4 Å². The summed E-state index contributed by atoms with van der Waals surface area (Å²) in [4.78, 5) is 0. The number of tetrazole rings is 1. The molecule has 4 rings (SSSR count). The maximum absolute atomic E-state index is 5.88. The van der Waals surface area contributed by atoms with E-state index >= 15 is 0 Å². The molecule has 0 N–H and O–H groups in total. The molecule has 110 valence electrons. The number of ether oxygens (including phenoxy) is 1. The quantitative estimate of drug-likeness (QED) is 0.746. The average molecular weight is 313 g/mol. The van der Waals surface area contributed by atoms with Crippen molar-refractivity contribution in [3.63, 3.8) is 0 Å². The number of hydrogen-bond acceptors (Lipinski definition) is 4. The van der Waals surface area contributed by atoms with E-state index < -0.39 is 0 Å². The molecule has 0 saturated heterocycles. The summed E-state index contributed by atoms with van der Waals surface area (Å²) in [5.41, 5.74) is 3.32. The molecule has 3 aromatic rings. The fraction of sp³-hybridized carbons (Fsp3) is 0.188. The standard InChI is InChI=1S/C16H13ClN4O/c17-13-4-1-11(2-5-13)10-22-14-6-7-15-12(9-14)3-8-16-18-19-20-21(15)16/h1-2,4-7,9H,3,8,10H2. The van der Waals surface area contributed by atoms with Crippen LogP contribution in [0.1, 0.15) is 17.0 Å². The second kappa shape index (κ2) is 5.42. The van der Waals surface area contributed by atoms with E-state index in [4.69, 9.17) is 16.3 Å². The van der Waals surface area contributed by atoms with Crippen LogP contribution in [0.25, 0.3) is 5.69 Å². The Labute approximate surface area is 132 Å². The third-order valence-corrected chi connectivity index (χ3v) is 4.00. The zero-order valence-electron chi connectivity index (χ0n) is 11.7. The molecule has 1 aromatic heterocycles. The van der Waals surface area contributed by atoms with Crippen molar-refractivity contribution in [1.82, 2.24) is 20.2 Å². The number of hydrogen-bond donors (Lipinski definition) is 0. The molecule has 2 aromatic carbocycles. The van der Waals surface area contributed by atoms with Crippen LogP contribution in [0, 0.1) is 0 Å². The Morgan fingerprint density at radius 3 is 2.82 bits per heavy atom. The van der Waals surface area contributed by atoms with Crippen LogP contribution in [-0.2, 0) is 19.4 Å². The van der Waals surface area contributed by atoms with E-state index in [9.17, 15) is 0 Å². The molecule has 0 bridgehead atoms. The summed E-state index contributed by atoms with van der Waals surface area (Å²) in [7, 11) is 0. The normalized spacial score (nSPS) is 12.6. The van der Waals surface area contributed by atoms with E-state index in [0.717, 1.165) is 40.7 Å². The molecule has 0 spiro atoms. The predicted molar refractivity (Wildman–Crippen MR) is 82.3 cm³/mol. The molecule has 0 amide bonds. The zero-order chi connectivity index (χ0) is 14.9. The van der Waals surface area contributed by atoms with Crippen LogP contribution < -0.4 is 4.74 Å². The van der Waals surface area contributed by atoms with Gasteiger partial charge in [-0.05, 0) is 58.3 Å². The highest BCUT2D eigenvalue weighted by Crippen LogP contribution is 2.26. The fourth-order valence-electron chi connectivity index (χ4n) is 2.60. The highest BCUT2D eigenvalue weighted by Gasteiger charge is 2.18. The first kappa shape index (κ1) is 13.3. The van der Waals surface area contributed by atoms with Crippen LogP contribution in [0.3, 0.4) is 0 Å². The minimum atomic E-state index is 0.520. The first-order chi connectivity index (χ1) is 10.8. The highest BCUT2D eigenvalue weighted by atomic mass is 35.5. The molecule has 2 heterocycles. The minimum Gasteiger partial charge on any atom is -0.489 e. The topological polar surface area (TPSA) is 52.8 Å². The Kier molecular flexibility index (Phi) is 3.27. The Morgan fingerprint density at radius 1 is 1.09 bits per heavy atom. The second-order valence-electron chi connectivity index (χ2n) is 5.21. The third-order valence-electron chi connectivity index (χ3n) is 3.75. The molecule has 5 nitrogen and oxygen atoms in total. The molecule has 22 heavy (non-hydrogen) atoms. The molecular weight excluding hydrogens is 300 g/mol. The second-order valence-corrected chi connectivity index (χ2v) is 5.65. The van der Waals surface area contributed by atoms with Crippen LogP contribution in [0.5, 0.6) is 5.75 Å². The van der Waals surface area contributed by atoms with E-state index in [2.05, 4.69) is 21.6 Å². The van der Waals surface area contributed by atoms with Crippen molar-refractivity contribution in [2.45, 2.75) is 19.4 Å². The number of fused-ring (bicyclic) bond motifs is 3. The Balaban J connectivity index is 1.54. The molecule has 0 radical (unpaired) electrons. The van der Waals surface area contributed by atoms with Gasteiger partial charge in [0, 0.05) is 11.4 Å². The van der Waals surface area contributed by atoms with E-state index in [1.54, 1.807) is 4.68 Å². The van der Waals surface area contributed by atoms with Crippen LogP contribution >= 0.6 is 11.6 Å². The molecule has 1 aliphatic rings. The summed E-state index contributed by atoms with van der Waals surface area (Å²) < 4.78 is 7.66. The lowest BCUT2D eigenvalue weighted by molar-refractivity contribution is 0.306. The number of benzene rings is 2. The fourth-order valence-corrected chi connectivity index (χ4v) is 2.73. The third kappa shape index (κ3) is 2.44. The van der Waals surface area contributed by atoms with Gasteiger partial charge < -0.3 is 4.74 Å². The van der Waals surface area contributed by atoms with Gasteiger partial charge in [0.25, 0.3) is 0 Å². The monoisotopic (exact) mass is 312 g/mol. The molecule has 0 fully saturated rings. The zero-order valence-corrected chi connectivity index (χ0v) is 12.5. The van der Waals surface area contributed by atoms with Gasteiger partial charge in [-0.1, -0.05) is 23.7 Å². The van der Waals surface area contributed by atoms with E-state index in [0.29, 0.717) is 6.61 Å². The van der Waals surface area contributed by atoms with Gasteiger partial charge in [-0.3, -0.25) is 0 Å². The molecule has 0 aliphatic carbocycles. The van der Waals surface area contributed by atoms with Gasteiger partial charge in [0.1, 0.15) is 12.4 Å². The number of nitrogens with zero attached hydrogens (tertiary/aromatic N) is 4. The molecular formula is C16H13ClN4O. The van der Waals surface area contributed by atoms with Crippen molar-refractivity contribution >= 4 is 11.6 Å². The maximum Gasteiger partial charge on any atom is 0.157 e. The van der Waals surface area contributed by atoms with Gasteiger partial charge in [0.2, 0.25) is 0 Å². The van der Waals surface area contributed by atoms with Crippen LogP contribution in [0.15, 0.2) is 42.5 Å². The first-order valence-corrected chi connectivity index (χ1v) is 7.45. The average Bonchev–Trinajstić information content (AvgIpc) is 3.03. The summed E-state index contributed by atoms with van der Waals surface area (Å²) >= 11 is 5.88. The largest absolute Gasteiger partial charge is 0.489 e. The minimum absolute atomic E-state index is 0.520. The predicted octanol–water partition coefficient (Wildman–Crippen LogP) is 2.99. The molecule has 6 heteroatoms. The van der Waals surface area contributed by atoms with Crippen molar-refractivity contribution < 1.29 is 4.74 Å². The summed E-state index contributed by atoms with van der Waals surface area (Å²) in [5, 5.41) is 12.5. The van der Waals surface area contributed by atoms with E-state index in [1.165, 1.54) is 5.56 Å². The SMILES string of the molecule is Clc1ccc(COc2ccc3c(c2)CCc2nnnn2-3)cc1. The number of aromatic nitrogens is 4. The van der Waals surface area contributed by atoms with Gasteiger partial charge in [0.05, 0.1) is 5.69 Å². The Bertz CT molecular complexity index is 813. The summed E-state index contributed by atoms with van der Waals surface area (Å²) in [6, 6.07) is 13.7. The van der Waals surface area contributed by atoms with Crippen molar-refractivity contribution in [2.24, 2.45) is 0 Å². The van der Waals surface area contributed by atoms with Gasteiger partial charge in [-0.2, -0.15) is 4.68 Å². The Morgan fingerprint density at radius 2 is 1.95 bits per heavy atom. The number of rotatable bonds is 3. The van der Waals surface area contributed by atoms with Crippen LogP contribution in [0.2, 0.25) is 5.02 Å². The van der Waals surface area contributed by atoms with Crippen molar-refractivity contribution in [3.05, 3.63) is 64.4 Å². The summed E-state index contributed by atoms with van der Waals surface area (Å²) in [5.74, 6) is 1.76. The lowest BCUT2D eigenvalue weighted by Crippen LogP contribution is -2.13. The first-order valence-electron chi connectivity index (χ1n) is 7.07. The van der Waals surface area contributed by atoms with Crippen LogP contribution in [-0.4, -0.2) is 20.2 Å². The molecule has 0 saturated carbocycles. The van der Waals surface area contributed by atoms with Gasteiger partial charge >= 0.3 is 0 Å². The smallest absolute Gasteiger partial charge is 0.157 e.